The average Bonchev–Trinajstić information content (AvgIpc) is 3.61. The Balaban J connectivity index is 1.73. The molecule has 1 fully saturated rings. The van der Waals surface area contributed by atoms with Crippen molar-refractivity contribution in [2.75, 3.05) is 6.61 Å². The van der Waals surface area contributed by atoms with Gasteiger partial charge in [0.25, 0.3) is 5.91 Å². The van der Waals surface area contributed by atoms with E-state index >= 15 is 0 Å². The number of benzene rings is 2. The summed E-state index contributed by atoms with van der Waals surface area (Å²) in [5.41, 5.74) is 5.60. The third-order valence-corrected chi connectivity index (χ3v) is 6.99. The van der Waals surface area contributed by atoms with Crippen molar-refractivity contribution in [3.63, 3.8) is 0 Å². The SMILES string of the molecule is CC(C)(C)C[C@H](OC(N)=O)c1oc(-c2ccc(OC(F)F)c(OCC3CC3)c2)nc1C(=O)NCc1c(Cl)cccc1Cl. The summed E-state index contributed by atoms with van der Waals surface area (Å²) < 4.78 is 47.9. The lowest BCUT2D eigenvalue weighted by atomic mass is 9.88. The lowest BCUT2D eigenvalue weighted by Crippen LogP contribution is -2.27. The zero-order valence-electron chi connectivity index (χ0n) is 23.2. The van der Waals surface area contributed by atoms with Crippen LogP contribution in [0.25, 0.3) is 11.5 Å². The van der Waals surface area contributed by atoms with Gasteiger partial charge in [0.1, 0.15) is 0 Å². The summed E-state index contributed by atoms with van der Waals surface area (Å²) in [5, 5.41) is 3.44. The van der Waals surface area contributed by atoms with Crippen LogP contribution in [0.3, 0.4) is 0 Å². The molecule has 1 aromatic heterocycles. The normalized spacial score (nSPS) is 14.0. The number of carbonyl (C=O) groups is 2. The van der Waals surface area contributed by atoms with Crippen LogP contribution in [0, 0.1) is 11.3 Å². The Morgan fingerprint density at radius 2 is 1.83 bits per heavy atom. The van der Waals surface area contributed by atoms with Crippen LogP contribution in [0.15, 0.2) is 40.8 Å². The minimum atomic E-state index is -3.06. The number of oxazole rings is 1. The van der Waals surface area contributed by atoms with Crippen molar-refractivity contribution >= 4 is 35.2 Å². The monoisotopic (exact) mass is 625 g/mol. The van der Waals surface area contributed by atoms with Crippen LogP contribution >= 0.6 is 23.2 Å². The van der Waals surface area contributed by atoms with Gasteiger partial charge in [0.05, 0.1) is 6.61 Å². The fourth-order valence-corrected chi connectivity index (χ4v) is 4.64. The molecule has 0 spiro atoms. The first-order chi connectivity index (χ1) is 19.8. The number of nitrogens with zero attached hydrogens (tertiary/aromatic N) is 1. The summed E-state index contributed by atoms with van der Waals surface area (Å²) in [6.45, 7) is 2.97. The first-order valence-corrected chi connectivity index (χ1v) is 14.0. The van der Waals surface area contributed by atoms with Crippen molar-refractivity contribution in [3.8, 4) is 23.0 Å². The number of nitrogens with one attached hydrogen (secondary N) is 1. The van der Waals surface area contributed by atoms with E-state index in [0.29, 0.717) is 33.7 Å². The van der Waals surface area contributed by atoms with Gasteiger partial charge in [0, 0.05) is 27.7 Å². The molecule has 0 bridgehead atoms. The molecule has 4 rings (SSSR count). The summed E-state index contributed by atoms with van der Waals surface area (Å²) >= 11 is 12.5. The van der Waals surface area contributed by atoms with Crippen LogP contribution in [0.4, 0.5) is 13.6 Å². The predicted octanol–water partition coefficient (Wildman–Crippen LogP) is 7.54. The van der Waals surface area contributed by atoms with Crippen molar-refractivity contribution in [2.45, 2.75) is 59.3 Å². The van der Waals surface area contributed by atoms with Crippen molar-refractivity contribution in [1.82, 2.24) is 10.3 Å². The zero-order valence-corrected chi connectivity index (χ0v) is 24.7. The number of carbonyl (C=O) groups excluding carboxylic acids is 2. The molecule has 9 nitrogen and oxygen atoms in total. The molecule has 0 unspecified atom stereocenters. The van der Waals surface area contributed by atoms with E-state index in [1.54, 1.807) is 18.2 Å². The van der Waals surface area contributed by atoms with Gasteiger partial charge in [-0.05, 0) is 60.9 Å². The van der Waals surface area contributed by atoms with E-state index in [1.807, 2.05) is 20.8 Å². The highest BCUT2D eigenvalue weighted by atomic mass is 35.5. The molecule has 2 aromatic carbocycles. The zero-order chi connectivity index (χ0) is 30.6. The number of hydrogen-bond acceptors (Lipinski definition) is 7. The van der Waals surface area contributed by atoms with Crippen LogP contribution in [0.1, 0.15) is 67.9 Å². The number of ether oxygens (including phenoxy) is 3. The molecule has 42 heavy (non-hydrogen) atoms. The fraction of sp³-hybridized carbons (Fsp3) is 0.414. The largest absolute Gasteiger partial charge is 0.489 e. The Morgan fingerprint density at radius 3 is 2.43 bits per heavy atom. The molecule has 0 aliphatic heterocycles. The molecule has 1 atom stereocenters. The Kier molecular flexibility index (Phi) is 9.83. The maximum Gasteiger partial charge on any atom is 0.405 e. The summed E-state index contributed by atoms with van der Waals surface area (Å²) in [6.07, 6.45) is 0.0700. The maximum atomic E-state index is 13.5. The van der Waals surface area contributed by atoms with E-state index in [-0.39, 0.29) is 47.2 Å². The first-order valence-electron chi connectivity index (χ1n) is 13.2. The van der Waals surface area contributed by atoms with Gasteiger partial charge in [-0.1, -0.05) is 50.0 Å². The third-order valence-electron chi connectivity index (χ3n) is 6.28. The van der Waals surface area contributed by atoms with Gasteiger partial charge in [-0.25, -0.2) is 9.78 Å². The smallest absolute Gasteiger partial charge is 0.405 e. The lowest BCUT2D eigenvalue weighted by Gasteiger charge is -2.24. The number of alkyl halides is 2. The van der Waals surface area contributed by atoms with Gasteiger partial charge in [0.2, 0.25) is 5.89 Å². The van der Waals surface area contributed by atoms with Gasteiger partial charge in [-0.2, -0.15) is 8.78 Å². The van der Waals surface area contributed by atoms with Crippen LogP contribution in [0.5, 0.6) is 11.5 Å². The second kappa shape index (κ2) is 13.2. The molecule has 2 amide bonds. The molecule has 226 valence electrons. The van der Waals surface area contributed by atoms with E-state index in [4.69, 9.17) is 42.8 Å². The molecular formula is C29H31Cl2F2N3O6. The summed E-state index contributed by atoms with van der Waals surface area (Å²) in [6, 6.07) is 9.14. The fourth-order valence-electron chi connectivity index (χ4n) is 4.11. The quantitative estimate of drug-likeness (QED) is 0.213. The van der Waals surface area contributed by atoms with E-state index in [9.17, 15) is 18.4 Å². The number of aromatic nitrogens is 1. The third kappa shape index (κ3) is 8.48. The molecule has 1 heterocycles. The van der Waals surface area contributed by atoms with E-state index in [0.717, 1.165) is 12.8 Å². The Hall–Kier alpha value is -3.57. The molecule has 1 aliphatic carbocycles. The van der Waals surface area contributed by atoms with Gasteiger partial charge >= 0.3 is 12.7 Å². The summed E-state index contributed by atoms with van der Waals surface area (Å²) in [7, 11) is 0. The second-order valence-electron chi connectivity index (χ2n) is 11.1. The topological polar surface area (TPSA) is 126 Å². The standard InChI is InChI=1S/C29H31Cl2F2N3O6/c1-29(2,3)12-22(41-28(34)38)24-23(25(37)35-13-17-18(30)5-4-6-19(17)31)36-26(42-24)16-9-10-20(40-27(32)33)21(11-16)39-14-15-7-8-15/h4-6,9-11,15,22,27H,7-8,12-14H2,1-3H3,(H2,34,38)(H,35,37)/t22-/m0/s1. The average molecular weight is 626 g/mol. The highest BCUT2D eigenvalue weighted by Crippen LogP contribution is 2.39. The molecule has 1 aliphatic rings. The molecule has 3 N–H and O–H groups in total. The van der Waals surface area contributed by atoms with Crippen LogP contribution < -0.4 is 20.5 Å². The molecule has 3 aromatic rings. The number of amides is 2. The van der Waals surface area contributed by atoms with Crippen LogP contribution in [-0.4, -0.2) is 30.2 Å². The Labute approximate surface area is 251 Å². The highest BCUT2D eigenvalue weighted by molar-refractivity contribution is 6.36. The summed E-state index contributed by atoms with van der Waals surface area (Å²) in [4.78, 5) is 29.7. The molecule has 1 saturated carbocycles. The summed E-state index contributed by atoms with van der Waals surface area (Å²) in [5.74, 6) is -0.497. The molecule has 0 radical (unpaired) electrons. The van der Waals surface area contributed by atoms with E-state index in [1.165, 1.54) is 18.2 Å². The highest BCUT2D eigenvalue weighted by Gasteiger charge is 2.33. The Morgan fingerprint density at radius 1 is 1.14 bits per heavy atom. The number of halogens is 4. The number of rotatable bonds is 12. The van der Waals surface area contributed by atoms with Crippen molar-refractivity contribution in [1.29, 1.82) is 0 Å². The van der Waals surface area contributed by atoms with Gasteiger partial charge in [-0.3, -0.25) is 4.79 Å². The molecule has 0 saturated heterocycles. The number of primary amides is 1. The molecule has 13 heteroatoms. The number of nitrogens with two attached hydrogens (primary N) is 1. The van der Waals surface area contributed by atoms with Crippen LogP contribution in [0.2, 0.25) is 10.0 Å². The van der Waals surface area contributed by atoms with Crippen molar-refractivity contribution < 1.29 is 37.0 Å². The van der Waals surface area contributed by atoms with Gasteiger partial charge in [0.15, 0.2) is 29.1 Å². The van der Waals surface area contributed by atoms with Gasteiger partial charge in [-0.15, -0.1) is 0 Å². The number of hydrogen-bond donors (Lipinski definition) is 2. The maximum absolute atomic E-state index is 13.5. The van der Waals surface area contributed by atoms with Crippen LogP contribution in [-0.2, 0) is 11.3 Å². The minimum Gasteiger partial charge on any atom is -0.489 e. The first kappa shape index (κ1) is 31.4. The predicted molar refractivity (Wildman–Crippen MR) is 152 cm³/mol. The van der Waals surface area contributed by atoms with E-state index in [2.05, 4.69) is 15.0 Å². The molecular weight excluding hydrogens is 595 g/mol. The van der Waals surface area contributed by atoms with Crippen molar-refractivity contribution in [3.05, 3.63) is 63.5 Å². The van der Waals surface area contributed by atoms with E-state index < -0.39 is 24.7 Å². The van der Waals surface area contributed by atoms with Crippen molar-refractivity contribution in [2.24, 2.45) is 17.1 Å². The lowest BCUT2D eigenvalue weighted by molar-refractivity contribution is -0.0515. The minimum absolute atomic E-state index is 0.0294. The Bertz CT molecular complexity index is 1420. The second-order valence-corrected chi connectivity index (χ2v) is 11.9. The van der Waals surface area contributed by atoms with Gasteiger partial charge < -0.3 is 29.7 Å².